The van der Waals surface area contributed by atoms with E-state index in [1.807, 2.05) is 56.3 Å². The van der Waals surface area contributed by atoms with Crippen LogP contribution in [-0.4, -0.2) is 17.5 Å². The highest BCUT2D eigenvalue weighted by molar-refractivity contribution is 9.10. The van der Waals surface area contributed by atoms with Crippen LogP contribution in [0, 0.1) is 13.8 Å². The van der Waals surface area contributed by atoms with E-state index in [0.717, 1.165) is 21.2 Å². The lowest BCUT2D eigenvalue weighted by molar-refractivity contribution is -0.118. The van der Waals surface area contributed by atoms with Gasteiger partial charge in [-0.3, -0.25) is 4.79 Å². The number of amides is 1. The van der Waals surface area contributed by atoms with Gasteiger partial charge in [-0.2, -0.15) is 0 Å². The van der Waals surface area contributed by atoms with Crippen molar-refractivity contribution in [2.24, 2.45) is 0 Å². The van der Waals surface area contributed by atoms with E-state index in [9.17, 15) is 4.79 Å². The Morgan fingerprint density at radius 1 is 1.10 bits per heavy atom. The predicted octanol–water partition coefficient (Wildman–Crippen LogP) is 5.89. The van der Waals surface area contributed by atoms with Crippen LogP contribution >= 0.6 is 15.9 Å². The first-order valence-electron chi connectivity index (χ1n) is 9.15. The minimum atomic E-state index is -0.234. The highest BCUT2D eigenvalue weighted by Crippen LogP contribution is 2.27. The fourth-order valence-corrected chi connectivity index (χ4v) is 3.21. The number of carbonyl (C=O) groups excluding carboxylic acids is 1. The summed E-state index contributed by atoms with van der Waals surface area (Å²) in [5, 5.41) is 2.84. The van der Waals surface area contributed by atoms with Gasteiger partial charge in [0.05, 0.1) is 0 Å². The second-order valence-electron chi connectivity index (χ2n) is 6.74. The van der Waals surface area contributed by atoms with Crippen molar-refractivity contribution in [1.29, 1.82) is 0 Å². The first kappa shape index (κ1) is 19.2. The second-order valence-corrected chi connectivity index (χ2v) is 7.66. The van der Waals surface area contributed by atoms with Crippen LogP contribution in [0.4, 0.5) is 5.69 Å². The largest absolute Gasteiger partial charge is 0.483 e. The Labute approximate surface area is 176 Å². The van der Waals surface area contributed by atoms with Gasteiger partial charge in [0.1, 0.15) is 11.3 Å². The lowest BCUT2D eigenvalue weighted by atomic mass is 10.1. The number of anilines is 1. The summed E-state index contributed by atoms with van der Waals surface area (Å²) >= 11 is 3.42. The number of benzene rings is 3. The minimum absolute atomic E-state index is 0.0642. The van der Waals surface area contributed by atoms with Gasteiger partial charge in [0, 0.05) is 15.7 Å². The number of oxazole rings is 1. The van der Waals surface area contributed by atoms with Crippen molar-refractivity contribution in [3.8, 4) is 17.2 Å². The van der Waals surface area contributed by atoms with E-state index in [0.29, 0.717) is 28.4 Å². The third-order valence-corrected chi connectivity index (χ3v) is 5.20. The summed E-state index contributed by atoms with van der Waals surface area (Å²) in [5.74, 6) is 1.02. The van der Waals surface area contributed by atoms with E-state index in [1.54, 1.807) is 18.2 Å². The zero-order chi connectivity index (χ0) is 20.4. The number of aromatic nitrogens is 1. The summed E-state index contributed by atoms with van der Waals surface area (Å²) in [7, 11) is 0. The summed E-state index contributed by atoms with van der Waals surface area (Å²) in [6.45, 7) is 3.92. The number of hydrogen-bond donors (Lipinski definition) is 1. The fraction of sp³-hybridized carbons (Fsp3) is 0.130. The SMILES string of the molecule is Cc1cccc(OCC(=O)Nc2ccc3oc(-c4ccc(Br)cc4)nc3c2)c1C. The zero-order valence-electron chi connectivity index (χ0n) is 16.0. The molecule has 1 N–H and O–H groups in total. The van der Waals surface area contributed by atoms with Gasteiger partial charge in [-0.1, -0.05) is 28.1 Å². The maximum atomic E-state index is 12.3. The van der Waals surface area contributed by atoms with Crippen LogP contribution in [0.5, 0.6) is 5.75 Å². The Hall–Kier alpha value is -3.12. The standard InChI is InChI=1S/C23H19BrN2O3/c1-14-4-3-5-20(15(14)2)28-13-22(27)25-18-10-11-21-19(12-18)26-23(29-21)16-6-8-17(24)9-7-16/h3-12H,13H2,1-2H3,(H,25,27). The lowest BCUT2D eigenvalue weighted by Crippen LogP contribution is -2.20. The van der Waals surface area contributed by atoms with Gasteiger partial charge >= 0.3 is 0 Å². The molecule has 6 heteroatoms. The Morgan fingerprint density at radius 2 is 1.90 bits per heavy atom. The third kappa shape index (κ3) is 4.32. The molecule has 1 heterocycles. The molecule has 1 aromatic heterocycles. The summed E-state index contributed by atoms with van der Waals surface area (Å²) in [5.41, 5.74) is 5.02. The maximum Gasteiger partial charge on any atom is 0.262 e. The Bertz CT molecular complexity index is 1180. The topological polar surface area (TPSA) is 64.4 Å². The number of rotatable bonds is 5. The second kappa shape index (κ2) is 8.09. The van der Waals surface area contributed by atoms with Gasteiger partial charge in [-0.05, 0) is 73.5 Å². The normalized spacial score (nSPS) is 10.9. The molecule has 146 valence electrons. The summed E-state index contributed by atoms with van der Waals surface area (Å²) in [6.07, 6.45) is 0. The number of halogens is 1. The molecule has 0 aliphatic carbocycles. The molecule has 0 bridgehead atoms. The number of ether oxygens (including phenoxy) is 1. The smallest absolute Gasteiger partial charge is 0.262 e. The number of hydrogen-bond acceptors (Lipinski definition) is 4. The molecule has 0 unspecified atom stereocenters. The van der Waals surface area contributed by atoms with Crippen LogP contribution in [0.25, 0.3) is 22.6 Å². The number of nitrogens with one attached hydrogen (secondary N) is 1. The van der Waals surface area contributed by atoms with Gasteiger partial charge < -0.3 is 14.5 Å². The highest BCUT2D eigenvalue weighted by atomic mass is 79.9. The monoisotopic (exact) mass is 450 g/mol. The zero-order valence-corrected chi connectivity index (χ0v) is 17.6. The molecule has 3 aromatic carbocycles. The van der Waals surface area contributed by atoms with Gasteiger partial charge in [0.25, 0.3) is 5.91 Å². The van der Waals surface area contributed by atoms with E-state index < -0.39 is 0 Å². The first-order valence-corrected chi connectivity index (χ1v) is 9.94. The quantitative estimate of drug-likeness (QED) is 0.411. The van der Waals surface area contributed by atoms with Crippen molar-refractivity contribution in [2.45, 2.75) is 13.8 Å². The van der Waals surface area contributed by atoms with Gasteiger partial charge in [-0.15, -0.1) is 0 Å². The third-order valence-electron chi connectivity index (χ3n) is 4.68. The van der Waals surface area contributed by atoms with Crippen molar-refractivity contribution < 1.29 is 13.9 Å². The number of carbonyl (C=O) groups is 1. The Morgan fingerprint density at radius 3 is 2.69 bits per heavy atom. The minimum Gasteiger partial charge on any atom is -0.483 e. The summed E-state index contributed by atoms with van der Waals surface area (Å²) < 4.78 is 12.5. The molecule has 5 nitrogen and oxygen atoms in total. The van der Waals surface area contributed by atoms with E-state index in [-0.39, 0.29) is 12.5 Å². The average Bonchev–Trinajstić information content (AvgIpc) is 3.13. The number of aryl methyl sites for hydroxylation is 1. The fourth-order valence-electron chi connectivity index (χ4n) is 2.94. The first-order chi connectivity index (χ1) is 14.0. The maximum absolute atomic E-state index is 12.3. The van der Waals surface area contributed by atoms with Gasteiger partial charge in [-0.25, -0.2) is 4.98 Å². The van der Waals surface area contributed by atoms with Crippen LogP contribution in [0.15, 0.2) is 69.6 Å². The molecule has 0 fully saturated rings. The Balaban J connectivity index is 1.46. The van der Waals surface area contributed by atoms with E-state index in [4.69, 9.17) is 9.15 Å². The lowest BCUT2D eigenvalue weighted by Gasteiger charge is -2.11. The van der Waals surface area contributed by atoms with Crippen LogP contribution in [0.1, 0.15) is 11.1 Å². The van der Waals surface area contributed by atoms with Crippen molar-refractivity contribution >= 4 is 38.6 Å². The van der Waals surface area contributed by atoms with Crippen LogP contribution < -0.4 is 10.1 Å². The van der Waals surface area contributed by atoms with Crippen LogP contribution in [0.2, 0.25) is 0 Å². The summed E-state index contributed by atoms with van der Waals surface area (Å²) in [4.78, 5) is 16.8. The van der Waals surface area contributed by atoms with Gasteiger partial charge in [0.15, 0.2) is 12.2 Å². The van der Waals surface area contributed by atoms with E-state index in [1.165, 1.54) is 0 Å². The van der Waals surface area contributed by atoms with Crippen molar-refractivity contribution in [3.63, 3.8) is 0 Å². The van der Waals surface area contributed by atoms with E-state index >= 15 is 0 Å². The molecule has 29 heavy (non-hydrogen) atoms. The van der Waals surface area contributed by atoms with E-state index in [2.05, 4.69) is 26.2 Å². The molecule has 1 amide bonds. The van der Waals surface area contributed by atoms with Crippen molar-refractivity contribution in [3.05, 3.63) is 76.3 Å². The molecule has 0 atom stereocenters. The molecule has 4 rings (SSSR count). The summed E-state index contributed by atoms with van der Waals surface area (Å²) in [6, 6.07) is 18.9. The molecule has 0 spiro atoms. The molecule has 0 aliphatic heterocycles. The van der Waals surface area contributed by atoms with Gasteiger partial charge in [0.2, 0.25) is 5.89 Å². The molecule has 0 saturated carbocycles. The number of nitrogens with zero attached hydrogens (tertiary/aromatic N) is 1. The highest BCUT2D eigenvalue weighted by Gasteiger charge is 2.11. The number of fused-ring (bicyclic) bond motifs is 1. The van der Waals surface area contributed by atoms with Crippen molar-refractivity contribution in [2.75, 3.05) is 11.9 Å². The molecular weight excluding hydrogens is 432 g/mol. The predicted molar refractivity (Wildman–Crippen MR) is 117 cm³/mol. The molecule has 0 saturated heterocycles. The molecule has 0 aliphatic rings. The molecular formula is C23H19BrN2O3. The van der Waals surface area contributed by atoms with Crippen LogP contribution in [0.3, 0.4) is 0 Å². The Kier molecular flexibility index (Phi) is 5.36. The van der Waals surface area contributed by atoms with Crippen molar-refractivity contribution in [1.82, 2.24) is 4.98 Å². The molecule has 0 radical (unpaired) electrons. The molecule has 4 aromatic rings. The van der Waals surface area contributed by atoms with Crippen LogP contribution in [-0.2, 0) is 4.79 Å². The average molecular weight is 451 g/mol.